The molecule has 2 heteroatoms. The van der Waals surface area contributed by atoms with Crippen LogP contribution in [0, 0.1) is 5.92 Å². The molecular formula is C10H18O2. The molecule has 2 nitrogen and oxygen atoms in total. The van der Waals surface area contributed by atoms with Gasteiger partial charge in [0.2, 0.25) is 0 Å². The average molecular weight is 170 g/mol. The smallest absolute Gasteiger partial charge is 0.0797 e. The number of rotatable bonds is 2. The van der Waals surface area contributed by atoms with Crippen molar-refractivity contribution >= 4 is 0 Å². The van der Waals surface area contributed by atoms with Crippen molar-refractivity contribution in [1.82, 2.24) is 0 Å². The molecule has 0 saturated heterocycles. The van der Waals surface area contributed by atoms with Gasteiger partial charge in [0.25, 0.3) is 0 Å². The van der Waals surface area contributed by atoms with Gasteiger partial charge in [-0.2, -0.15) is 0 Å². The Labute approximate surface area is 73.9 Å². The van der Waals surface area contributed by atoms with E-state index in [0.717, 1.165) is 31.3 Å². The second-order valence-corrected chi connectivity index (χ2v) is 3.81. The van der Waals surface area contributed by atoms with E-state index in [0.29, 0.717) is 0 Å². The average Bonchev–Trinajstić information content (AvgIpc) is 2.04. The van der Waals surface area contributed by atoms with Gasteiger partial charge >= 0.3 is 0 Å². The summed E-state index contributed by atoms with van der Waals surface area (Å²) in [6, 6.07) is 0. The van der Waals surface area contributed by atoms with Crippen molar-refractivity contribution < 1.29 is 10.2 Å². The quantitative estimate of drug-likeness (QED) is 0.616. The van der Waals surface area contributed by atoms with Crippen LogP contribution in [0.25, 0.3) is 0 Å². The fourth-order valence-corrected chi connectivity index (χ4v) is 1.87. The van der Waals surface area contributed by atoms with Crippen LogP contribution < -0.4 is 0 Å². The molecule has 1 rings (SSSR count). The van der Waals surface area contributed by atoms with Gasteiger partial charge in [-0.3, -0.25) is 0 Å². The topological polar surface area (TPSA) is 40.5 Å². The lowest BCUT2D eigenvalue weighted by Gasteiger charge is -2.31. The third-order valence-electron chi connectivity index (χ3n) is 2.69. The van der Waals surface area contributed by atoms with E-state index in [1.54, 1.807) is 0 Å². The predicted octanol–water partition coefficient (Wildman–Crippen LogP) is 1.47. The Morgan fingerprint density at radius 2 is 2.00 bits per heavy atom. The summed E-state index contributed by atoms with van der Waals surface area (Å²) in [4.78, 5) is 0. The van der Waals surface area contributed by atoms with Gasteiger partial charge in [-0.25, -0.2) is 0 Å². The molecule has 3 atom stereocenters. The van der Waals surface area contributed by atoms with E-state index in [9.17, 15) is 10.2 Å². The first-order valence-electron chi connectivity index (χ1n) is 4.64. The third kappa shape index (κ3) is 2.08. The van der Waals surface area contributed by atoms with E-state index in [1.807, 2.05) is 6.92 Å². The van der Waals surface area contributed by atoms with Gasteiger partial charge in [-0.1, -0.05) is 25.0 Å². The summed E-state index contributed by atoms with van der Waals surface area (Å²) in [7, 11) is 0. The first kappa shape index (κ1) is 9.75. The van der Waals surface area contributed by atoms with Gasteiger partial charge in [0.15, 0.2) is 0 Å². The van der Waals surface area contributed by atoms with Crippen LogP contribution in [0.5, 0.6) is 0 Å². The molecule has 0 aromatic heterocycles. The molecular weight excluding hydrogens is 152 g/mol. The first-order valence-corrected chi connectivity index (χ1v) is 4.64. The van der Waals surface area contributed by atoms with Gasteiger partial charge < -0.3 is 10.2 Å². The summed E-state index contributed by atoms with van der Waals surface area (Å²) >= 11 is 0. The summed E-state index contributed by atoms with van der Waals surface area (Å²) in [6.07, 6.45) is 3.11. The van der Waals surface area contributed by atoms with Gasteiger partial charge in [-0.05, 0) is 19.8 Å². The second-order valence-electron chi connectivity index (χ2n) is 3.81. The standard InChI is InChI=1S/C10H18O2/c1-7(2)10(12)8-5-3-4-6-9(8)11/h8-12H,1,3-6H2,2H3/t8?,9-,10?/m0/s1. The minimum absolute atomic E-state index is 0.0243. The van der Waals surface area contributed by atoms with Crippen molar-refractivity contribution in [2.45, 2.75) is 44.8 Å². The molecule has 0 spiro atoms. The maximum absolute atomic E-state index is 9.66. The van der Waals surface area contributed by atoms with Gasteiger partial charge in [0, 0.05) is 5.92 Å². The van der Waals surface area contributed by atoms with Gasteiger partial charge in [0.05, 0.1) is 12.2 Å². The largest absolute Gasteiger partial charge is 0.393 e. The molecule has 1 saturated carbocycles. The van der Waals surface area contributed by atoms with Crippen molar-refractivity contribution in [3.63, 3.8) is 0 Å². The molecule has 0 aromatic carbocycles. The summed E-state index contributed by atoms with van der Waals surface area (Å²) < 4.78 is 0. The van der Waals surface area contributed by atoms with Crippen LogP contribution >= 0.6 is 0 Å². The maximum Gasteiger partial charge on any atom is 0.0797 e. The SMILES string of the molecule is C=C(C)C(O)C1CCCC[C@@H]1O. The fourth-order valence-electron chi connectivity index (χ4n) is 1.87. The van der Waals surface area contributed by atoms with Crippen LogP contribution in [0.4, 0.5) is 0 Å². The lowest BCUT2D eigenvalue weighted by Crippen LogP contribution is -2.34. The summed E-state index contributed by atoms with van der Waals surface area (Å²) in [5.41, 5.74) is 0.765. The predicted molar refractivity (Wildman–Crippen MR) is 48.8 cm³/mol. The lowest BCUT2D eigenvalue weighted by atomic mass is 9.81. The van der Waals surface area contributed by atoms with Crippen LogP contribution in [0.3, 0.4) is 0 Å². The zero-order valence-electron chi connectivity index (χ0n) is 7.66. The number of hydrogen-bond acceptors (Lipinski definition) is 2. The number of aliphatic hydroxyl groups is 2. The Morgan fingerprint density at radius 3 is 2.50 bits per heavy atom. The molecule has 0 amide bonds. The lowest BCUT2D eigenvalue weighted by molar-refractivity contribution is 0.00343. The van der Waals surface area contributed by atoms with Crippen LogP contribution in [-0.4, -0.2) is 22.4 Å². The molecule has 0 bridgehead atoms. The molecule has 0 aromatic rings. The summed E-state index contributed by atoms with van der Waals surface area (Å²) in [6.45, 7) is 5.52. The summed E-state index contributed by atoms with van der Waals surface area (Å²) in [5.74, 6) is 0.0243. The molecule has 1 fully saturated rings. The van der Waals surface area contributed by atoms with E-state index in [2.05, 4.69) is 6.58 Å². The highest BCUT2D eigenvalue weighted by atomic mass is 16.3. The molecule has 0 aliphatic heterocycles. The molecule has 0 heterocycles. The monoisotopic (exact) mass is 170 g/mol. The van der Waals surface area contributed by atoms with Crippen LogP contribution in [0.1, 0.15) is 32.6 Å². The zero-order chi connectivity index (χ0) is 9.14. The Bertz CT molecular complexity index is 165. The van der Waals surface area contributed by atoms with E-state index in [-0.39, 0.29) is 12.0 Å². The first-order chi connectivity index (χ1) is 5.63. The molecule has 0 radical (unpaired) electrons. The molecule has 1 aliphatic rings. The van der Waals surface area contributed by atoms with E-state index in [1.165, 1.54) is 0 Å². The van der Waals surface area contributed by atoms with Crippen LogP contribution in [0.15, 0.2) is 12.2 Å². The fraction of sp³-hybridized carbons (Fsp3) is 0.800. The van der Waals surface area contributed by atoms with Crippen molar-refractivity contribution in [2.75, 3.05) is 0 Å². The summed E-state index contributed by atoms with van der Waals surface area (Å²) in [5, 5.41) is 19.2. The molecule has 2 unspecified atom stereocenters. The highest BCUT2D eigenvalue weighted by Crippen LogP contribution is 2.29. The highest BCUT2D eigenvalue weighted by molar-refractivity contribution is 5.01. The molecule has 12 heavy (non-hydrogen) atoms. The number of aliphatic hydroxyl groups excluding tert-OH is 2. The molecule has 1 aliphatic carbocycles. The van der Waals surface area contributed by atoms with Crippen LogP contribution in [0.2, 0.25) is 0 Å². The Hall–Kier alpha value is -0.340. The Morgan fingerprint density at radius 1 is 1.42 bits per heavy atom. The molecule has 70 valence electrons. The van der Waals surface area contributed by atoms with Crippen molar-refractivity contribution in [2.24, 2.45) is 5.92 Å². The van der Waals surface area contributed by atoms with Gasteiger partial charge in [-0.15, -0.1) is 0 Å². The minimum atomic E-state index is -0.514. The van der Waals surface area contributed by atoms with Gasteiger partial charge in [0.1, 0.15) is 0 Å². The van der Waals surface area contributed by atoms with E-state index in [4.69, 9.17) is 0 Å². The maximum atomic E-state index is 9.66. The van der Waals surface area contributed by atoms with Crippen molar-refractivity contribution in [3.8, 4) is 0 Å². The Balaban J connectivity index is 2.53. The van der Waals surface area contributed by atoms with E-state index >= 15 is 0 Å². The molecule has 2 N–H and O–H groups in total. The van der Waals surface area contributed by atoms with E-state index < -0.39 is 6.10 Å². The van der Waals surface area contributed by atoms with Crippen molar-refractivity contribution in [1.29, 1.82) is 0 Å². The zero-order valence-corrected chi connectivity index (χ0v) is 7.66. The van der Waals surface area contributed by atoms with Crippen LogP contribution in [-0.2, 0) is 0 Å². The number of hydrogen-bond donors (Lipinski definition) is 2. The second kappa shape index (κ2) is 4.06. The van der Waals surface area contributed by atoms with Crippen molar-refractivity contribution in [3.05, 3.63) is 12.2 Å². The highest BCUT2D eigenvalue weighted by Gasteiger charge is 2.29. The Kier molecular flexibility index (Phi) is 3.29. The normalized spacial score (nSPS) is 32.9. The minimum Gasteiger partial charge on any atom is -0.393 e. The third-order valence-corrected chi connectivity index (χ3v) is 2.69.